The molecule has 3 unspecified atom stereocenters. The molecule has 0 heterocycles. The van der Waals surface area contributed by atoms with Crippen molar-refractivity contribution in [3.05, 3.63) is 72.9 Å². The number of esters is 1. The van der Waals surface area contributed by atoms with Crippen LogP contribution in [0.5, 0.6) is 0 Å². The summed E-state index contributed by atoms with van der Waals surface area (Å²) >= 11 is 0. The monoisotopic (exact) mass is 1100 g/mol. The summed E-state index contributed by atoms with van der Waals surface area (Å²) in [5.74, 6) is -0.559. The van der Waals surface area contributed by atoms with E-state index < -0.39 is 26.6 Å². The molecule has 0 saturated heterocycles. The fraction of sp³-hybridized carbons (Fsp3) is 0.791. The number of nitrogens with one attached hydrogen (secondary N) is 1. The van der Waals surface area contributed by atoms with Gasteiger partial charge in [0.05, 0.1) is 33.8 Å². The number of allylic oxidation sites excluding steroid dienone is 11. The topological polar surface area (TPSA) is 114 Å². The van der Waals surface area contributed by atoms with Crippen molar-refractivity contribution in [2.45, 2.75) is 303 Å². The maximum absolute atomic E-state index is 13.5. The lowest BCUT2D eigenvalue weighted by atomic mass is 10.0. The number of carbonyl (C=O) groups is 2. The average molecular weight is 1100 g/mol. The van der Waals surface area contributed by atoms with Crippen molar-refractivity contribution >= 4 is 19.7 Å². The Hall–Kier alpha value is -2.55. The standard InChI is InChI=1S/C67H123N2O7P/c1-7-10-13-16-19-22-25-28-30-32-33-34-35-36-37-38-40-42-45-48-51-54-57-60-67(71)76-65(58-55-52-49-46-43-27-24-21-18-15-12-9-3)64(63-75-77(72,73)74-62-61-69(4,5)6)68-66(70)59-56-53-50-47-44-41-39-31-29-26-23-20-17-14-11-8-2/h19,22,28,30-31,33-34,36-37,39,55,58,64-65H,7-18,20-21,23-27,29,32,35,38,40-54,56-57,59-63H2,1-6H3,(H-,68,70,72,73)/b22-19-,30-28-,34-33-,37-36-,39-31+,58-55-. The summed E-state index contributed by atoms with van der Waals surface area (Å²) in [5.41, 5.74) is 0. The second-order valence-electron chi connectivity index (χ2n) is 22.9. The normalized spacial score (nSPS) is 14.1. The van der Waals surface area contributed by atoms with Crippen molar-refractivity contribution in [1.29, 1.82) is 0 Å². The van der Waals surface area contributed by atoms with Gasteiger partial charge in [0.15, 0.2) is 0 Å². The van der Waals surface area contributed by atoms with Crippen molar-refractivity contribution in [2.24, 2.45) is 0 Å². The smallest absolute Gasteiger partial charge is 0.306 e. The van der Waals surface area contributed by atoms with Crippen LogP contribution in [0.3, 0.4) is 0 Å². The average Bonchev–Trinajstić information content (AvgIpc) is 3.39. The minimum atomic E-state index is -4.71. The second-order valence-corrected chi connectivity index (χ2v) is 24.3. The highest BCUT2D eigenvalue weighted by Crippen LogP contribution is 2.38. The van der Waals surface area contributed by atoms with Gasteiger partial charge < -0.3 is 28.5 Å². The van der Waals surface area contributed by atoms with Gasteiger partial charge in [-0.15, -0.1) is 0 Å². The molecular formula is C67H123N2O7P. The molecule has 0 aromatic heterocycles. The van der Waals surface area contributed by atoms with Crippen LogP contribution in [0.15, 0.2) is 72.9 Å². The Morgan fingerprint density at radius 3 is 1.22 bits per heavy atom. The zero-order valence-corrected chi connectivity index (χ0v) is 52.0. The Labute approximate surface area is 476 Å². The molecule has 3 atom stereocenters. The number of phosphoric acid groups is 1. The van der Waals surface area contributed by atoms with Crippen molar-refractivity contribution in [2.75, 3.05) is 40.9 Å². The molecule has 1 N–H and O–H groups in total. The van der Waals surface area contributed by atoms with Crippen LogP contribution < -0.4 is 10.2 Å². The van der Waals surface area contributed by atoms with E-state index in [4.69, 9.17) is 13.8 Å². The van der Waals surface area contributed by atoms with E-state index >= 15 is 0 Å². The predicted octanol–water partition coefficient (Wildman–Crippen LogP) is 19.4. The molecule has 448 valence electrons. The molecule has 0 saturated carbocycles. The van der Waals surface area contributed by atoms with Gasteiger partial charge in [-0.25, -0.2) is 0 Å². The van der Waals surface area contributed by atoms with E-state index in [2.05, 4.69) is 86.8 Å². The molecule has 0 aromatic rings. The SMILES string of the molecule is CCCCC/C=C\C/C=C\C/C=C\C/C=C\CCCCCCCCCC(=O)OC(/C=C\CCCCCCCCCCCC)C(COP(=O)([O-])OCC[N+](C)(C)C)NC(=O)CCCCCCC/C=C/CCCCCCCCC. The summed E-state index contributed by atoms with van der Waals surface area (Å²) in [6.07, 6.45) is 72.9. The lowest BCUT2D eigenvalue weighted by molar-refractivity contribution is -0.870. The summed E-state index contributed by atoms with van der Waals surface area (Å²) in [6.45, 7) is 6.81. The summed E-state index contributed by atoms with van der Waals surface area (Å²) in [4.78, 5) is 40.0. The van der Waals surface area contributed by atoms with E-state index in [1.807, 2.05) is 33.3 Å². The van der Waals surface area contributed by atoms with Gasteiger partial charge in [-0.05, 0) is 102 Å². The van der Waals surface area contributed by atoms with Gasteiger partial charge in [-0.3, -0.25) is 14.2 Å². The largest absolute Gasteiger partial charge is 0.756 e. The molecule has 77 heavy (non-hydrogen) atoms. The zero-order valence-electron chi connectivity index (χ0n) is 51.2. The van der Waals surface area contributed by atoms with Gasteiger partial charge >= 0.3 is 5.97 Å². The van der Waals surface area contributed by atoms with Gasteiger partial charge in [-0.2, -0.15) is 0 Å². The Balaban J connectivity index is 5.23. The number of phosphoric ester groups is 1. The summed E-state index contributed by atoms with van der Waals surface area (Å²) in [5, 5.41) is 3.02. The number of carbonyl (C=O) groups excluding carboxylic acids is 2. The number of hydrogen-bond acceptors (Lipinski definition) is 7. The quantitative estimate of drug-likeness (QED) is 0.0212. The highest BCUT2D eigenvalue weighted by Gasteiger charge is 2.27. The van der Waals surface area contributed by atoms with E-state index in [1.165, 1.54) is 148 Å². The fourth-order valence-electron chi connectivity index (χ4n) is 9.09. The third-order valence-corrected chi connectivity index (χ3v) is 15.1. The van der Waals surface area contributed by atoms with E-state index in [9.17, 15) is 19.0 Å². The van der Waals surface area contributed by atoms with Gasteiger partial charge in [0.25, 0.3) is 7.82 Å². The molecule has 0 radical (unpaired) electrons. The third kappa shape index (κ3) is 57.9. The summed E-state index contributed by atoms with van der Waals surface area (Å²) in [6, 6.07) is -0.899. The Bertz CT molecular complexity index is 1550. The van der Waals surface area contributed by atoms with E-state index in [0.29, 0.717) is 17.4 Å². The summed E-state index contributed by atoms with van der Waals surface area (Å²) in [7, 11) is 1.17. The Morgan fingerprint density at radius 2 is 0.792 bits per heavy atom. The number of quaternary nitrogens is 1. The first-order chi connectivity index (χ1) is 37.4. The molecule has 0 aliphatic carbocycles. The van der Waals surface area contributed by atoms with Crippen LogP contribution in [0.1, 0.15) is 290 Å². The van der Waals surface area contributed by atoms with Crippen LogP contribution in [0.4, 0.5) is 0 Å². The van der Waals surface area contributed by atoms with E-state index in [0.717, 1.165) is 109 Å². The molecule has 0 aliphatic heterocycles. The van der Waals surface area contributed by atoms with Crippen molar-refractivity contribution in [1.82, 2.24) is 5.32 Å². The predicted molar refractivity (Wildman–Crippen MR) is 330 cm³/mol. The maximum atomic E-state index is 13.5. The third-order valence-electron chi connectivity index (χ3n) is 14.1. The number of unbranched alkanes of at least 4 members (excludes halogenated alkanes) is 32. The molecule has 0 aromatic carbocycles. The van der Waals surface area contributed by atoms with Crippen molar-refractivity contribution < 1.29 is 37.3 Å². The van der Waals surface area contributed by atoms with Crippen LogP contribution in [0, 0.1) is 0 Å². The van der Waals surface area contributed by atoms with Crippen LogP contribution >= 0.6 is 7.82 Å². The highest BCUT2D eigenvalue weighted by atomic mass is 31.2. The molecule has 0 rings (SSSR count). The van der Waals surface area contributed by atoms with Gasteiger partial charge in [0.2, 0.25) is 5.91 Å². The first-order valence-electron chi connectivity index (χ1n) is 32.2. The van der Waals surface area contributed by atoms with Crippen LogP contribution in [-0.4, -0.2) is 69.4 Å². The van der Waals surface area contributed by atoms with Crippen molar-refractivity contribution in [3.8, 4) is 0 Å². The number of ether oxygens (including phenoxy) is 1. The lowest BCUT2D eigenvalue weighted by Crippen LogP contribution is -2.47. The number of rotatable bonds is 58. The number of likely N-dealkylation sites (N-methyl/N-ethyl adjacent to an activating group) is 1. The second kappa shape index (κ2) is 56.7. The maximum Gasteiger partial charge on any atom is 0.306 e. The zero-order chi connectivity index (χ0) is 56.4. The Kier molecular flexibility index (Phi) is 54.8. The van der Waals surface area contributed by atoms with Gasteiger partial charge in [0.1, 0.15) is 19.3 Å². The van der Waals surface area contributed by atoms with Gasteiger partial charge in [-0.1, -0.05) is 248 Å². The van der Waals surface area contributed by atoms with Crippen LogP contribution in [-0.2, 0) is 27.9 Å². The number of nitrogens with zero attached hydrogens (tertiary/aromatic N) is 1. The first kappa shape index (κ1) is 74.5. The molecule has 0 fully saturated rings. The van der Waals surface area contributed by atoms with Crippen molar-refractivity contribution in [3.63, 3.8) is 0 Å². The first-order valence-corrected chi connectivity index (χ1v) is 33.7. The molecule has 0 aliphatic rings. The molecular weight excluding hydrogens is 976 g/mol. The van der Waals surface area contributed by atoms with E-state index in [-0.39, 0.29) is 24.9 Å². The molecule has 0 bridgehead atoms. The molecule has 10 heteroatoms. The molecule has 0 spiro atoms. The Morgan fingerprint density at radius 1 is 0.455 bits per heavy atom. The minimum Gasteiger partial charge on any atom is -0.756 e. The summed E-state index contributed by atoms with van der Waals surface area (Å²) < 4.78 is 30.3. The van der Waals surface area contributed by atoms with Crippen LogP contribution in [0.2, 0.25) is 0 Å². The molecule has 1 amide bonds. The minimum absolute atomic E-state index is 0.0276. The van der Waals surface area contributed by atoms with E-state index in [1.54, 1.807) is 0 Å². The number of hydrogen-bond donors (Lipinski definition) is 1. The number of amides is 1. The molecule has 9 nitrogen and oxygen atoms in total. The lowest BCUT2D eigenvalue weighted by Gasteiger charge is -2.30. The van der Waals surface area contributed by atoms with Crippen LogP contribution in [0.25, 0.3) is 0 Å². The van der Waals surface area contributed by atoms with Gasteiger partial charge in [0, 0.05) is 12.8 Å². The highest BCUT2D eigenvalue weighted by molar-refractivity contribution is 7.45. The fourth-order valence-corrected chi connectivity index (χ4v) is 9.81.